The zero-order chi connectivity index (χ0) is 13.5. The first-order chi connectivity index (χ1) is 9.01. The third-order valence-electron chi connectivity index (χ3n) is 4.84. The topological polar surface area (TPSA) is 38.5 Å². The van der Waals surface area contributed by atoms with Gasteiger partial charge < -0.3 is 10.5 Å². The second-order valence-electron chi connectivity index (χ2n) is 6.68. The highest BCUT2D eigenvalue weighted by atomic mass is 16.5. The Morgan fingerprint density at radius 2 is 2.00 bits per heavy atom. The Bertz CT molecular complexity index is 445. The van der Waals surface area contributed by atoms with Crippen LogP contribution in [0.4, 0.5) is 0 Å². The number of benzene rings is 1. The Hall–Kier alpha value is -0.900. The number of nitrogens with zero attached hydrogens (tertiary/aromatic N) is 1. The second-order valence-corrected chi connectivity index (χ2v) is 6.68. The summed E-state index contributed by atoms with van der Waals surface area (Å²) in [6.07, 6.45) is 1.25. The largest absolute Gasteiger partial charge is 0.374 e. The van der Waals surface area contributed by atoms with Crippen molar-refractivity contribution in [2.45, 2.75) is 38.5 Å². The molecule has 0 spiro atoms. The zero-order valence-corrected chi connectivity index (χ0v) is 11.9. The number of hydrogen-bond donors (Lipinski definition) is 1. The highest BCUT2D eigenvalue weighted by Crippen LogP contribution is 2.56. The molecule has 1 heterocycles. The van der Waals surface area contributed by atoms with Crippen LogP contribution >= 0.6 is 0 Å². The van der Waals surface area contributed by atoms with Crippen molar-refractivity contribution in [2.75, 3.05) is 19.7 Å². The van der Waals surface area contributed by atoms with Gasteiger partial charge in [-0.25, -0.2) is 0 Å². The van der Waals surface area contributed by atoms with E-state index >= 15 is 0 Å². The predicted molar refractivity (Wildman–Crippen MR) is 76.8 cm³/mol. The van der Waals surface area contributed by atoms with Gasteiger partial charge in [-0.15, -0.1) is 0 Å². The molecule has 0 amide bonds. The number of ether oxygens (including phenoxy) is 1. The Labute approximate surface area is 115 Å². The quantitative estimate of drug-likeness (QED) is 0.903. The van der Waals surface area contributed by atoms with Crippen LogP contribution in [0.3, 0.4) is 0 Å². The van der Waals surface area contributed by atoms with E-state index < -0.39 is 0 Å². The van der Waals surface area contributed by atoms with Crippen molar-refractivity contribution in [2.24, 2.45) is 11.1 Å². The first kappa shape index (κ1) is 13.1. The average molecular weight is 260 g/mol. The van der Waals surface area contributed by atoms with Gasteiger partial charge in [0.15, 0.2) is 0 Å². The normalized spacial score (nSPS) is 34.2. The lowest BCUT2D eigenvalue weighted by molar-refractivity contribution is -0.0543. The number of hydrogen-bond acceptors (Lipinski definition) is 3. The molecule has 104 valence electrons. The summed E-state index contributed by atoms with van der Waals surface area (Å²) in [4.78, 5) is 2.46. The molecule has 19 heavy (non-hydrogen) atoms. The smallest absolute Gasteiger partial charge is 0.0887 e. The lowest BCUT2D eigenvalue weighted by Gasteiger charge is -2.37. The van der Waals surface area contributed by atoms with Gasteiger partial charge in [-0.3, -0.25) is 4.90 Å². The zero-order valence-electron chi connectivity index (χ0n) is 11.9. The first-order valence-corrected chi connectivity index (χ1v) is 7.18. The summed E-state index contributed by atoms with van der Waals surface area (Å²) in [5.74, 6) is 0. The molecule has 0 aromatic heterocycles. The second kappa shape index (κ2) is 4.58. The molecule has 1 saturated carbocycles. The fourth-order valence-corrected chi connectivity index (χ4v) is 3.24. The molecule has 1 aliphatic carbocycles. The van der Waals surface area contributed by atoms with Crippen LogP contribution in [0.15, 0.2) is 30.3 Å². The SMILES string of the molecule is CC1(C)CC1(N)C1CN(Cc2ccccc2)CCO1. The Kier molecular flexibility index (Phi) is 3.16. The third-order valence-corrected chi connectivity index (χ3v) is 4.84. The van der Waals surface area contributed by atoms with Gasteiger partial charge in [0.05, 0.1) is 12.7 Å². The Morgan fingerprint density at radius 1 is 1.32 bits per heavy atom. The van der Waals surface area contributed by atoms with Gasteiger partial charge in [-0.05, 0) is 17.4 Å². The molecule has 3 heteroatoms. The van der Waals surface area contributed by atoms with E-state index in [1.807, 2.05) is 0 Å². The summed E-state index contributed by atoms with van der Waals surface area (Å²) in [6.45, 7) is 8.24. The molecule has 0 radical (unpaired) electrons. The van der Waals surface area contributed by atoms with Gasteiger partial charge in [0, 0.05) is 25.2 Å². The van der Waals surface area contributed by atoms with Crippen LogP contribution in [0.25, 0.3) is 0 Å². The average Bonchev–Trinajstić information content (AvgIpc) is 2.92. The van der Waals surface area contributed by atoms with Crippen LogP contribution < -0.4 is 5.73 Å². The van der Waals surface area contributed by atoms with Crippen molar-refractivity contribution in [3.05, 3.63) is 35.9 Å². The molecular formula is C16H24N2O. The summed E-state index contributed by atoms with van der Waals surface area (Å²) in [6, 6.07) is 10.6. The molecule has 2 unspecified atom stereocenters. The minimum absolute atomic E-state index is 0.123. The molecule has 1 saturated heterocycles. The molecule has 1 aromatic rings. The predicted octanol–water partition coefficient (Wildman–Crippen LogP) is 2.01. The number of rotatable bonds is 3. The molecule has 3 nitrogen and oxygen atoms in total. The van der Waals surface area contributed by atoms with E-state index in [4.69, 9.17) is 10.5 Å². The van der Waals surface area contributed by atoms with Crippen LogP contribution in [-0.2, 0) is 11.3 Å². The van der Waals surface area contributed by atoms with Crippen molar-refractivity contribution >= 4 is 0 Å². The number of morpholine rings is 1. The van der Waals surface area contributed by atoms with Crippen LogP contribution in [0, 0.1) is 5.41 Å². The fourth-order valence-electron chi connectivity index (χ4n) is 3.24. The van der Waals surface area contributed by atoms with Gasteiger partial charge in [-0.1, -0.05) is 44.2 Å². The van der Waals surface area contributed by atoms with Gasteiger partial charge in [0.2, 0.25) is 0 Å². The maximum Gasteiger partial charge on any atom is 0.0887 e. The van der Waals surface area contributed by atoms with Gasteiger partial charge >= 0.3 is 0 Å². The van der Waals surface area contributed by atoms with Crippen LogP contribution in [0.5, 0.6) is 0 Å². The highest BCUT2D eigenvalue weighted by Gasteiger charge is 2.63. The van der Waals surface area contributed by atoms with Crippen molar-refractivity contribution in [1.82, 2.24) is 4.90 Å². The van der Waals surface area contributed by atoms with E-state index in [-0.39, 0.29) is 17.1 Å². The number of nitrogens with two attached hydrogens (primary N) is 1. The molecule has 3 rings (SSSR count). The minimum Gasteiger partial charge on any atom is -0.374 e. The molecule has 2 aliphatic rings. The molecule has 0 bridgehead atoms. The molecule has 1 aliphatic heterocycles. The minimum atomic E-state index is -0.123. The molecule has 2 fully saturated rings. The maximum atomic E-state index is 6.50. The van der Waals surface area contributed by atoms with E-state index in [9.17, 15) is 0 Å². The van der Waals surface area contributed by atoms with Crippen LogP contribution in [0.2, 0.25) is 0 Å². The van der Waals surface area contributed by atoms with Crippen molar-refractivity contribution in [3.8, 4) is 0 Å². The standard InChI is InChI=1S/C16H24N2O/c1-15(2)12-16(15,17)14-11-18(8-9-19-14)10-13-6-4-3-5-7-13/h3-7,14H,8-12,17H2,1-2H3. The fraction of sp³-hybridized carbons (Fsp3) is 0.625. The third kappa shape index (κ3) is 2.42. The highest BCUT2D eigenvalue weighted by molar-refractivity contribution is 5.20. The van der Waals surface area contributed by atoms with Gasteiger partial charge in [-0.2, -0.15) is 0 Å². The van der Waals surface area contributed by atoms with Crippen LogP contribution in [0.1, 0.15) is 25.8 Å². The molecule has 1 aromatic carbocycles. The van der Waals surface area contributed by atoms with Crippen molar-refractivity contribution < 1.29 is 4.74 Å². The van der Waals surface area contributed by atoms with Crippen molar-refractivity contribution in [3.63, 3.8) is 0 Å². The summed E-state index contributed by atoms with van der Waals surface area (Å²) < 4.78 is 5.94. The van der Waals surface area contributed by atoms with E-state index in [1.54, 1.807) is 0 Å². The van der Waals surface area contributed by atoms with Gasteiger partial charge in [0.1, 0.15) is 0 Å². The summed E-state index contributed by atoms with van der Waals surface area (Å²) in [5, 5.41) is 0. The lowest BCUT2D eigenvalue weighted by Crippen LogP contribution is -2.53. The first-order valence-electron chi connectivity index (χ1n) is 7.18. The monoisotopic (exact) mass is 260 g/mol. The van der Waals surface area contributed by atoms with Crippen LogP contribution in [-0.4, -0.2) is 36.2 Å². The molecule has 2 N–H and O–H groups in total. The molecular weight excluding hydrogens is 236 g/mol. The van der Waals surface area contributed by atoms with E-state index in [0.717, 1.165) is 32.7 Å². The Balaban J connectivity index is 1.63. The van der Waals surface area contributed by atoms with E-state index in [0.29, 0.717) is 0 Å². The Morgan fingerprint density at radius 3 is 2.63 bits per heavy atom. The van der Waals surface area contributed by atoms with Crippen molar-refractivity contribution in [1.29, 1.82) is 0 Å². The lowest BCUT2D eigenvalue weighted by atomic mass is 9.98. The summed E-state index contributed by atoms with van der Waals surface area (Å²) in [7, 11) is 0. The molecule has 2 atom stereocenters. The maximum absolute atomic E-state index is 6.50. The van der Waals surface area contributed by atoms with E-state index in [1.165, 1.54) is 5.56 Å². The van der Waals surface area contributed by atoms with E-state index in [2.05, 4.69) is 49.1 Å². The van der Waals surface area contributed by atoms with Gasteiger partial charge in [0.25, 0.3) is 0 Å². The summed E-state index contributed by atoms with van der Waals surface area (Å²) >= 11 is 0. The summed E-state index contributed by atoms with van der Waals surface area (Å²) in [5.41, 5.74) is 7.98.